The number of benzene rings is 2. The summed E-state index contributed by atoms with van der Waals surface area (Å²) in [6, 6.07) is 14.3. The number of nitrogens with one attached hydrogen (secondary N) is 1. The molecular weight excluding hydrogens is 479 g/mol. The molecule has 4 rings (SSSR count). The van der Waals surface area contributed by atoms with E-state index in [1.54, 1.807) is 35.0 Å². The highest BCUT2D eigenvalue weighted by Gasteiger charge is 2.13. The number of ether oxygens (including phenoxy) is 1. The van der Waals surface area contributed by atoms with Crippen molar-refractivity contribution in [1.29, 1.82) is 0 Å². The lowest BCUT2D eigenvalue weighted by molar-refractivity contribution is 0.102. The lowest BCUT2D eigenvalue weighted by Crippen LogP contribution is -2.12. The highest BCUT2D eigenvalue weighted by atomic mass is 35.5. The molecule has 0 aliphatic heterocycles. The molecule has 0 spiro atoms. The van der Waals surface area contributed by atoms with Gasteiger partial charge in [-0.25, -0.2) is 9.67 Å². The van der Waals surface area contributed by atoms with Crippen molar-refractivity contribution >= 4 is 58.0 Å². The van der Waals surface area contributed by atoms with Gasteiger partial charge in [-0.3, -0.25) is 10.1 Å². The summed E-state index contributed by atoms with van der Waals surface area (Å²) in [5.74, 6) is 0.600. The van der Waals surface area contributed by atoms with Gasteiger partial charge in [0.2, 0.25) is 5.95 Å². The zero-order valence-electron chi connectivity index (χ0n) is 15.9. The standard InChI is InChI=1S/C21H15Cl3N4O2S/c22-15-2-1-3-16(8-15)30-10-14-7-19(31-11-14)20(29)26-21-25-12-28(27-21)9-13-4-5-17(23)18(24)6-13/h1-8,11-12H,9-10H2,(H,26,27,29). The van der Waals surface area contributed by atoms with Crippen LogP contribution < -0.4 is 10.1 Å². The second-order valence-corrected chi connectivity index (χ2v) is 8.70. The Morgan fingerprint density at radius 1 is 1.06 bits per heavy atom. The molecule has 0 fully saturated rings. The van der Waals surface area contributed by atoms with Crippen LogP contribution in [0.3, 0.4) is 0 Å². The van der Waals surface area contributed by atoms with Crippen molar-refractivity contribution in [2.24, 2.45) is 0 Å². The van der Waals surface area contributed by atoms with Crippen molar-refractivity contribution in [3.63, 3.8) is 0 Å². The van der Waals surface area contributed by atoms with Crippen LogP contribution in [-0.4, -0.2) is 20.7 Å². The van der Waals surface area contributed by atoms with E-state index < -0.39 is 0 Å². The summed E-state index contributed by atoms with van der Waals surface area (Å²) in [4.78, 5) is 17.2. The molecule has 1 N–H and O–H groups in total. The zero-order chi connectivity index (χ0) is 21.8. The first-order chi connectivity index (χ1) is 15.0. The Bertz CT molecular complexity index is 1220. The number of halogens is 3. The molecule has 2 aromatic heterocycles. The third kappa shape index (κ3) is 5.77. The Morgan fingerprint density at radius 3 is 2.74 bits per heavy atom. The average molecular weight is 494 g/mol. The fourth-order valence-corrected chi connectivity index (χ4v) is 4.00. The Balaban J connectivity index is 1.34. The molecule has 10 heteroatoms. The van der Waals surface area contributed by atoms with Gasteiger partial charge in [0, 0.05) is 10.6 Å². The third-order valence-corrected chi connectivity index (χ3v) is 6.12. The number of anilines is 1. The molecule has 0 unspecified atom stereocenters. The summed E-state index contributed by atoms with van der Waals surface area (Å²) in [7, 11) is 0. The fraction of sp³-hybridized carbons (Fsp3) is 0.0952. The Kier molecular flexibility index (Phi) is 6.77. The average Bonchev–Trinajstić information content (AvgIpc) is 3.39. The number of nitrogens with zero attached hydrogens (tertiary/aromatic N) is 3. The van der Waals surface area contributed by atoms with Gasteiger partial charge >= 0.3 is 0 Å². The van der Waals surface area contributed by atoms with E-state index in [1.807, 2.05) is 23.6 Å². The molecule has 0 aliphatic carbocycles. The highest BCUT2D eigenvalue weighted by molar-refractivity contribution is 7.12. The Hall–Kier alpha value is -2.58. The summed E-state index contributed by atoms with van der Waals surface area (Å²) in [5, 5.41) is 10.4. The molecule has 6 nitrogen and oxygen atoms in total. The fourth-order valence-electron chi connectivity index (χ4n) is 2.71. The maximum Gasteiger partial charge on any atom is 0.268 e. The first-order valence-corrected chi connectivity index (χ1v) is 11.1. The number of carbonyl (C=O) groups is 1. The predicted molar refractivity (Wildman–Crippen MR) is 124 cm³/mol. The lowest BCUT2D eigenvalue weighted by Gasteiger charge is -2.04. The molecule has 158 valence electrons. The smallest absolute Gasteiger partial charge is 0.268 e. The molecule has 31 heavy (non-hydrogen) atoms. The number of hydrogen-bond acceptors (Lipinski definition) is 5. The zero-order valence-corrected chi connectivity index (χ0v) is 19.0. The lowest BCUT2D eigenvalue weighted by atomic mass is 10.2. The number of rotatable bonds is 7. The van der Waals surface area contributed by atoms with Crippen LogP contribution in [0.5, 0.6) is 5.75 Å². The maximum atomic E-state index is 12.5. The van der Waals surface area contributed by atoms with Crippen molar-refractivity contribution in [1.82, 2.24) is 14.8 Å². The molecule has 0 aliphatic rings. The van der Waals surface area contributed by atoms with Gasteiger partial charge in [0.25, 0.3) is 5.91 Å². The minimum Gasteiger partial charge on any atom is -0.489 e. The van der Waals surface area contributed by atoms with Crippen LogP contribution >= 0.6 is 46.1 Å². The van der Waals surface area contributed by atoms with Crippen LogP contribution in [0.25, 0.3) is 0 Å². The minimum absolute atomic E-state index is 0.218. The number of thiophene rings is 1. The summed E-state index contributed by atoms with van der Waals surface area (Å²) in [6.45, 7) is 0.782. The van der Waals surface area contributed by atoms with Crippen molar-refractivity contribution in [2.75, 3.05) is 5.32 Å². The first kappa shape index (κ1) is 21.6. The Morgan fingerprint density at radius 2 is 1.94 bits per heavy atom. The summed E-state index contributed by atoms with van der Waals surface area (Å²) < 4.78 is 7.31. The monoisotopic (exact) mass is 492 g/mol. The van der Waals surface area contributed by atoms with E-state index >= 15 is 0 Å². The number of hydrogen-bond donors (Lipinski definition) is 1. The summed E-state index contributed by atoms with van der Waals surface area (Å²) in [6.07, 6.45) is 1.54. The predicted octanol–water partition coefficient (Wildman–Crippen LogP) is 6.18. The van der Waals surface area contributed by atoms with Gasteiger partial charge in [-0.2, -0.15) is 0 Å². The van der Waals surface area contributed by atoms with Gasteiger partial charge in [-0.15, -0.1) is 16.4 Å². The molecule has 0 atom stereocenters. The topological polar surface area (TPSA) is 69.0 Å². The van der Waals surface area contributed by atoms with E-state index in [4.69, 9.17) is 39.5 Å². The number of carbonyl (C=O) groups excluding carboxylic acids is 1. The van der Waals surface area contributed by atoms with Crippen LogP contribution in [0.2, 0.25) is 15.1 Å². The van der Waals surface area contributed by atoms with Crippen molar-refractivity contribution in [3.05, 3.63) is 91.3 Å². The number of aromatic nitrogens is 3. The van der Waals surface area contributed by atoms with Crippen molar-refractivity contribution < 1.29 is 9.53 Å². The molecule has 2 aromatic carbocycles. The molecule has 0 saturated carbocycles. The van der Waals surface area contributed by atoms with Crippen LogP contribution in [0.15, 0.2) is 60.2 Å². The molecule has 4 aromatic rings. The second-order valence-electron chi connectivity index (χ2n) is 6.53. The van der Waals surface area contributed by atoms with Crippen molar-refractivity contribution in [2.45, 2.75) is 13.2 Å². The van der Waals surface area contributed by atoms with E-state index in [-0.39, 0.29) is 11.9 Å². The largest absolute Gasteiger partial charge is 0.489 e. The van der Waals surface area contributed by atoms with Crippen LogP contribution in [0.4, 0.5) is 5.95 Å². The molecule has 0 saturated heterocycles. The van der Waals surface area contributed by atoms with Gasteiger partial charge in [0.15, 0.2) is 0 Å². The number of amides is 1. The molecule has 1 amide bonds. The van der Waals surface area contributed by atoms with E-state index in [0.29, 0.717) is 38.8 Å². The molecule has 2 heterocycles. The Labute approximate surface area is 197 Å². The SMILES string of the molecule is O=C(Nc1ncn(Cc2ccc(Cl)c(Cl)c2)n1)c1cc(COc2cccc(Cl)c2)cs1. The van der Waals surface area contributed by atoms with Gasteiger partial charge in [-0.1, -0.05) is 46.9 Å². The van der Waals surface area contributed by atoms with E-state index in [0.717, 1.165) is 11.1 Å². The van der Waals surface area contributed by atoms with Gasteiger partial charge in [0.1, 0.15) is 18.7 Å². The molecular formula is C21H15Cl3N4O2S. The van der Waals surface area contributed by atoms with Crippen LogP contribution in [0, 0.1) is 0 Å². The van der Waals surface area contributed by atoms with Crippen molar-refractivity contribution in [3.8, 4) is 5.75 Å². The van der Waals surface area contributed by atoms with E-state index in [9.17, 15) is 4.79 Å². The summed E-state index contributed by atoms with van der Waals surface area (Å²) >= 11 is 19.2. The van der Waals surface area contributed by atoms with Gasteiger partial charge in [-0.05, 0) is 47.3 Å². The van der Waals surface area contributed by atoms with Gasteiger partial charge < -0.3 is 4.74 Å². The third-order valence-electron chi connectivity index (χ3n) is 4.17. The van der Waals surface area contributed by atoms with Crippen LogP contribution in [0.1, 0.15) is 20.8 Å². The quantitative estimate of drug-likeness (QED) is 0.334. The van der Waals surface area contributed by atoms with E-state index in [1.165, 1.54) is 17.7 Å². The van der Waals surface area contributed by atoms with Gasteiger partial charge in [0.05, 0.1) is 21.5 Å². The molecule has 0 bridgehead atoms. The summed E-state index contributed by atoms with van der Waals surface area (Å²) in [5.41, 5.74) is 1.80. The minimum atomic E-state index is -0.286. The maximum absolute atomic E-state index is 12.5. The van der Waals surface area contributed by atoms with Crippen LogP contribution in [-0.2, 0) is 13.2 Å². The second kappa shape index (κ2) is 9.70. The normalized spacial score (nSPS) is 10.8. The molecule has 0 radical (unpaired) electrons. The van der Waals surface area contributed by atoms with E-state index in [2.05, 4.69) is 15.4 Å². The highest BCUT2D eigenvalue weighted by Crippen LogP contribution is 2.23. The first-order valence-electron chi connectivity index (χ1n) is 9.07.